The third-order valence-corrected chi connectivity index (χ3v) is 1.80. The first-order valence-electron chi connectivity index (χ1n) is 4.55. The number of carbonyl (C=O) groups is 1. The van der Waals surface area contributed by atoms with Crippen LogP contribution in [0.5, 0.6) is 0 Å². The molecule has 16 heavy (non-hydrogen) atoms. The molecule has 1 aromatic heterocycles. The molecule has 0 fully saturated rings. The van der Waals surface area contributed by atoms with Crippen molar-refractivity contribution in [1.29, 1.82) is 5.26 Å². The van der Waals surface area contributed by atoms with Crippen molar-refractivity contribution >= 4 is 11.8 Å². The smallest absolute Gasteiger partial charge is 0.350 e. The van der Waals surface area contributed by atoms with Crippen LogP contribution in [-0.2, 0) is 9.53 Å². The fourth-order valence-electron chi connectivity index (χ4n) is 0.946. The molecule has 0 unspecified atom stereocenters. The number of nitrogens with one attached hydrogen (secondary N) is 1. The van der Waals surface area contributed by atoms with Gasteiger partial charge in [0.25, 0.3) is 0 Å². The maximum absolute atomic E-state index is 11.0. The molecule has 82 valence electrons. The van der Waals surface area contributed by atoms with E-state index >= 15 is 0 Å². The molecule has 0 aliphatic rings. The van der Waals surface area contributed by atoms with Gasteiger partial charge in [-0.25, -0.2) is 9.78 Å². The lowest BCUT2D eigenvalue weighted by atomic mass is 10.3. The van der Waals surface area contributed by atoms with Crippen LogP contribution in [0.1, 0.15) is 5.56 Å². The van der Waals surface area contributed by atoms with E-state index in [0.29, 0.717) is 5.82 Å². The molecule has 0 aromatic carbocycles. The second-order valence-electron chi connectivity index (χ2n) is 3.03. The molecule has 0 aliphatic carbocycles. The highest BCUT2D eigenvalue weighted by molar-refractivity contribution is 5.92. The third kappa shape index (κ3) is 3.10. The number of ether oxygens (including phenoxy) is 1. The van der Waals surface area contributed by atoms with Gasteiger partial charge >= 0.3 is 5.97 Å². The third-order valence-electron chi connectivity index (χ3n) is 1.80. The first kappa shape index (κ1) is 11.7. The number of anilines is 1. The maximum Gasteiger partial charge on any atom is 0.350 e. The van der Waals surface area contributed by atoms with Crippen molar-refractivity contribution in [2.24, 2.45) is 0 Å². The van der Waals surface area contributed by atoms with Crippen molar-refractivity contribution in [2.75, 3.05) is 12.4 Å². The van der Waals surface area contributed by atoms with Gasteiger partial charge in [0.2, 0.25) is 0 Å². The Morgan fingerprint density at radius 3 is 2.88 bits per heavy atom. The predicted octanol–water partition coefficient (Wildman–Crippen LogP) is 1.38. The Bertz CT molecular complexity index is 443. The van der Waals surface area contributed by atoms with Crippen molar-refractivity contribution < 1.29 is 9.53 Å². The number of esters is 1. The molecule has 1 rings (SSSR count). The summed E-state index contributed by atoms with van der Waals surface area (Å²) in [6.45, 7) is 1.92. The van der Waals surface area contributed by atoms with Crippen LogP contribution in [0.25, 0.3) is 0 Å². The number of hydrogen-bond acceptors (Lipinski definition) is 5. The number of methoxy groups -OCH3 is 1. The van der Waals surface area contributed by atoms with Gasteiger partial charge in [-0.1, -0.05) is 6.07 Å². The van der Waals surface area contributed by atoms with Crippen molar-refractivity contribution in [3.63, 3.8) is 0 Å². The lowest BCUT2D eigenvalue weighted by molar-refractivity contribution is -0.135. The van der Waals surface area contributed by atoms with Crippen molar-refractivity contribution in [3.8, 4) is 6.07 Å². The van der Waals surface area contributed by atoms with Crippen LogP contribution >= 0.6 is 0 Å². The molecule has 0 saturated carbocycles. The van der Waals surface area contributed by atoms with Crippen molar-refractivity contribution in [3.05, 3.63) is 35.7 Å². The van der Waals surface area contributed by atoms with E-state index in [-0.39, 0.29) is 5.57 Å². The molecule has 0 radical (unpaired) electrons. The Labute approximate surface area is 93.4 Å². The van der Waals surface area contributed by atoms with E-state index in [2.05, 4.69) is 15.0 Å². The Kier molecular flexibility index (Phi) is 4.04. The highest BCUT2D eigenvalue weighted by Gasteiger charge is 2.07. The molecule has 0 atom stereocenters. The number of aromatic nitrogens is 1. The number of aryl methyl sites for hydroxylation is 1. The summed E-state index contributed by atoms with van der Waals surface area (Å²) < 4.78 is 4.42. The summed E-state index contributed by atoms with van der Waals surface area (Å²) in [5, 5.41) is 11.4. The minimum atomic E-state index is -0.679. The average Bonchev–Trinajstić information content (AvgIpc) is 2.31. The summed E-state index contributed by atoms with van der Waals surface area (Å²) in [5.41, 5.74) is 0.924. The summed E-state index contributed by atoms with van der Waals surface area (Å²) in [6, 6.07) is 5.35. The Morgan fingerprint density at radius 1 is 1.62 bits per heavy atom. The van der Waals surface area contributed by atoms with Crippen LogP contribution in [0.2, 0.25) is 0 Å². The molecule has 0 saturated heterocycles. The lowest BCUT2D eigenvalue weighted by Gasteiger charge is -2.00. The van der Waals surface area contributed by atoms with E-state index < -0.39 is 5.97 Å². The highest BCUT2D eigenvalue weighted by Crippen LogP contribution is 2.05. The van der Waals surface area contributed by atoms with Gasteiger partial charge in [0.15, 0.2) is 5.57 Å². The largest absolute Gasteiger partial charge is 0.465 e. The van der Waals surface area contributed by atoms with Gasteiger partial charge in [0.1, 0.15) is 11.9 Å². The molecule has 1 aromatic rings. The number of nitrogens with zero attached hydrogens (tertiary/aromatic N) is 2. The number of nitriles is 1. The van der Waals surface area contributed by atoms with Gasteiger partial charge in [-0.15, -0.1) is 0 Å². The normalized spacial score (nSPS) is 10.4. The summed E-state index contributed by atoms with van der Waals surface area (Å²) in [4.78, 5) is 15.1. The van der Waals surface area contributed by atoms with E-state index in [9.17, 15) is 4.79 Å². The predicted molar refractivity (Wildman–Crippen MR) is 58.3 cm³/mol. The van der Waals surface area contributed by atoms with Crippen LogP contribution in [0.15, 0.2) is 30.1 Å². The van der Waals surface area contributed by atoms with E-state index in [1.165, 1.54) is 13.3 Å². The van der Waals surface area contributed by atoms with Crippen LogP contribution in [0.3, 0.4) is 0 Å². The monoisotopic (exact) mass is 217 g/mol. The van der Waals surface area contributed by atoms with E-state index in [1.54, 1.807) is 18.3 Å². The molecule has 1 heterocycles. The van der Waals surface area contributed by atoms with Crippen LogP contribution < -0.4 is 5.32 Å². The van der Waals surface area contributed by atoms with E-state index in [0.717, 1.165) is 5.56 Å². The molecule has 0 aliphatic heterocycles. The average molecular weight is 217 g/mol. The second kappa shape index (κ2) is 5.51. The number of pyridine rings is 1. The molecule has 5 heteroatoms. The molecular formula is C11H11N3O2. The second-order valence-corrected chi connectivity index (χ2v) is 3.03. The molecule has 0 amide bonds. The topological polar surface area (TPSA) is 75.0 Å². The number of carbonyl (C=O) groups excluding carboxylic acids is 1. The van der Waals surface area contributed by atoms with Crippen LogP contribution in [-0.4, -0.2) is 18.1 Å². The fourth-order valence-corrected chi connectivity index (χ4v) is 0.946. The molecule has 5 nitrogen and oxygen atoms in total. The van der Waals surface area contributed by atoms with Gasteiger partial charge in [0.05, 0.1) is 7.11 Å². The Balaban J connectivity index is 2.75. The summed E-state index contributed by atoms with van der Waals surface area (Å²) in [5.74, 6) is -0.121. The zero-order valence-corrected chi connectivity index (χ0v) is 9.02. The lowest BCUT2D eigenvalue weighted by Crippen LogP contribution is -2.05. The van der Waals surface area contributed by atoms with Gasteiger partial charge in [-0.05, 0) is 18.6 Å². The molecule has 0 spiro atoms. The van der Waals surface area contributed by atoms with Gasteiger partial charge in [-0.3, -0.25) is 0 Å². The fraction of sp³-hybridized carbons (Fsp3) is 0.182. The first-order valence-corrected chi connectivity index (χ1v) is 4.55. The molecule has 1 N–H and O–H groups in total. The SMILES string of the molecule is COC(=O)C(C#N)=CNc1ccc(C)cn1. The Hall–Kier alpha value is -2.35. The van der Waals surface area contributed by atoms with Crippen molar-refractivity contribution in [2.45, 2.75) is 6.92 Å². The standard InChI is InChI=1S/C11H11N3O2/c1-8-3-4-10(13-6-8)14-7-9(5-12)11(15)16-2/h3-4,6-7H,1-2H3,(H,13,14). The van der Waals surface area contributed by atoms with Crippen molar-refractivity contribution in [1.82, 2.24) is 4.98 Å². The zero-order chi connectivity index (χ0) is 12.0. The summed E-state index contributed by atoms with van der Waals surface area (Å²) in [7, 11) is 1.22. The summed E-state index contributed by atoms with van der Waals surface area (Å²) >= 11 is 0. The maximum atomic E-state index is 11.0. The minimum absolute atomic E-state index is 0.107. The molecule has 0 bridgehead atoms. The van der Waals surface area contributed by atoms with Crippen LogP contribution in [0.4, 0.5) is 5.82 Å². The van der Waals surface area contributed by atoms with Gasteiger partial charge < -0.3 is 10.1 Å². The van der Waals surface area contributed by atoms with Gasteiger partial charge in [-0.2, -0.15) is 5.26 Å². The molecular weight excluding hydrogens is 206 g/mol. The Morgan fingerprint density at radius 2 is 2.38 bits per heavy atom. The number of hydrogen-bond donors (Lipinski definition) is 1. The zero-order valence-electron chi connectivity index (χ0n) is 9.02. The summed E-state index contributed by atoms with van der Waals surface area (Å²) in [6.07, 6.45) is 2.95. The first-order chi connectivity index (χ1) is 7.67. The number of rotatable bonds is 3. The highest BCUT2D eigenvalue weighted by atomic mass is 16.5. The van der Waals surface area contributed by atoms with E-state index in [4.69, 9.17) is 5.26 Å². The minimum Gasteiger partial charge on any atom is -0.465 e. The van der Waals surface area contributed by atoms with E-state index in [1.807, 2.05) is 13.0 Å². The van der Waals surface area contributed by atoms with Gasteiger partial charge in [0, 0.05) is 12.4 Å². The quantitative estimate of drug-likeness (QED) is 0.470. The van der Waals surface area contributed by atoms with Crippen LogP contribution in [0, 0.1) is 18.3 Å².